The summed E-state index contributed by atoms with van der Waals surface area (Å²) in [5, 5.41) is 9.61. The molecule has 0 fully saturated rings. The molecule has 3 N–H and O–H groups in total. The second-order valence-electron chi connectivity index (χ2n) is 4.15. The van der Waals surface area contributed by atoms with E-state index in [0.29, 0.717) is 19.7 Å². The molecular weight excluding hydrogens is 284 g/mol. The maximum absolute atomic E-state index is 9.61. The van der Waals surface area contributed by atoms with Crippen molar-refractivity contribution in [2.24, 2.45) is 0 Å². The number of hydrogen-bond donors (Lipinski definition) is 2. The number of nitrogens with two attached hydrogens (primary N) is 1. The largest absolute Gasteiger partial charge is 0.398 e. The third-order valence-corrected chi connectivity index (χ3v) is 2.92. The minimum atomic E-state index is -0.471. The van der Waals surface area contributed by atoms with Crippen molar-refractivity contribution >= 4 is 21.6 Å². The molecule has 0 radical (unpaired) electrons. The van der Waals surface area contributed by atoms with Crippen LogP contribution in [0.5, 0.6) is 0 Å². The molecule has 1 aromatic rings. The molecule has 0 aliphatic carbocycles. The van der Waals surface area contributed by atoms with Crippen molar-refractivity contribution in [3.8, 4) is 0 Å². The average Bonchev–Trinajstić information content (AvgIpc) is 2.22. The molecule has 0 bridgehead atoms. The average molecular weight is 303 g/mol. The number of rotatable bonds is 6. The maximum atomic E-state index is 9.61. The lowest BCUT2D eigenvalue weighted by molar-refractivity contribution is 0.0419. The molecule has 4 nitrogen and oxygen atoms in total. The zero-order valence-electron chi connectivity index (χ0n) is 10.2. The molecule has 1 rings (SSSR count). The monoisotopic (exact) mass is 302 g/mol. The van der Waals surface area contributed by atoms with Crippen molar-refractivity contribution in [2.45, 2.75) is 12.6 Å². The Morgan fingerprint density at radius 2 is 2.24 bits per heavy atom. The number of aliphatic hydroxyl groups is 1. The van der Waals surface area contributed by atoms with Crippen LogP contribution in [-0.2, 0) is 11.3 Å². The second-order valence-corrected chi connectivity index (χ2v) is 5.06. The fourth-order valence-electron chi connectivity index (χ4n) is 1.67. The van der Waals surface area contributed by atoms with Gasteiger partial charge in [0.05, 0.1) is 12.7 Å². The van der Waals surface area contributed by atoms with E-state index in [1.165, 1.54) is 0 Å². The number of methoxy groups -OCH3 is 1. The van der Waals surface area contributed by atoms with E-state index < -0.39 is 6.10 Å². The van der Waals surface area contributed by atoms with Gasteiger partial charge in [0.25, 0.3) is 0 Å². The SMILES string of the molecule is COCC(O)CN(C)Cc1ccc(Br)cc1N. The third-order valence-electron chi connectivity index (χ3n) is 2.43. The fourth-order valence-corrected chi connectivity index (χ4v) is 2.05. The van der Waals surface area contributed by atoms with Gasteiger partial charge in [-0.05, 0) is 24.7 Å². The van der Waals surface area contributed by atoms with Gasteiger partial charge in [-0.2, -0.15) is 0 Å². The summed E-state index contributed by atoms with van der Waals surface area (Å²) >= 11 is 3.37. The van der Waals surface area contributed by atoms with Crippen LogP contribution in [0.2, 0.25) is 0 Å². The fraction of sp³-hybridized carbons (Fsp3) is 0.500. The smallest absolute Gasteiger partial charge is 0.0900 e. The highest BCUT2D eigenvalue weighted by molar-refractivity contribution is 9.10. The zero-order chi connectivity index (χ0) is 12.8. The number of nitrogens with zero attached hydrogens (tertiary/aromatic N) is 1. The molecule has 96 valence electrons. The number of nitrogen functional groups attached to an aromatic ring is 1. The first kappa shape index (κ1) is 14.4. The molecule has 5 heteroatoms. The normalized spacial score (nSPS) is 13.0. The summed E-state index contributed by atoms with van der Waals surface area (Å²) in [6.45, 7) is 1.61. The van der Waals surface area contributed by atoms with Gasteiger partial charge in [0, 0.05) is 30.4 Å². The lowest BCUT2D eigenvalue weighted by Gasteiger charge is -2.21. The lowest BCUT2D eigenvalue weighted by atomic mass is 10.1. The van der Waals surface area contributed by atoms with E-state index >= 15 is 0 Å². The molecule has 0 aliphatic heterocycles. The summed E-state index contributed by atoms with van der Waals surface area (Å²) in [7, 11) is 3.52. The Kier molecular flexibility index (Phi) is 5.91. The van der Waals surface area contributed by atoms with E-state index in [4.69, 9.17) is 10.5 Å². The summed E-state index contributed by atoms with van der Waals surface area (Å²) in [4.78, 5) is 2.02. The molecule has 0 amide bonds. The minimum absolute atomic E-state index is 0.347. The maximum Gasteiger partial charge on any atom is 0.0900 e. The first-order valence-electron chi connectivity index (χ1n) is 5.42. The van der Waals surface area contributed by atoms with E-state index in [-0.39, 0.29) is 0 Å². The highest BCUT2D eigenvalue weighted by Crippen LogP contribution is 2.19. The van der Waals surface area contributed by atoms with Crippen LogP contribution in [0.3, 0.4) is 0 Å². The van der Waals surface area contributed by atoms with Crippen molar-refractivity contribution in [1.82, 2.24) is 4.90 Å². The van der Waals surface area contributed by atoms with Crippen LogP contribution in [0.4, 0.5) is 5.69 Å². The molecule has 0 aliphatic rings. The molecule has 1 aromatic carbocycles. The van der Waals surface area contributed by atoms with Gasteiger partial charge < -0.3 is 15.6 Å². The van der Waals surface area contributed by atoms with Crippen LogP contribution in [0.15, 0.2) is 22.7 Å². The van der Waals surface area contributed by atoms with Crippen LogP contribution < -0.4 is 5.73 Å². The highest BCUT2D eigenvalue weighted by Gasteiger charge is 2.09. The van der Waals surface area contributed by atoms with Gasteiger partial charge in [0.15, 0.2) is 0 Å². The van der Waals surface area contributed by atoms with Gasteiger partial charge in [-0.15, -0.1) is 0 Å². The van der Waals surface area contributed by atoms with Crippen LogP contribution in [-0.4, -0.2) is 43.4 Å². The van der Waals surface area contributed by atoms with E-state index in [9.17, 15) is 5.11 Å². The van der Waals surface area contributed by atoms with Crippen molar-refractivity contribution in [3.05, 3.63) is 28.2 Å². The topological polar surface area (TPSA) is 58.7 Å². The first-order chi connectivity index (χ1) is 8.02. The van der Waals surface area contributed by atoms with Gasteiger partial charge in [0.1, 0.15) is 0 Å². The second kappa shape index (κ2) is 6.96. The van der Waals surface area contributed by atoms with Crippen molar-refractivity contribution in [1.29, 1.82) is 0 Å². The summed E-state index contributed by atoms with van der Waals surface area (Å²) < 4.78 is 5.86. The number of ether oxygens (including phenoxy) is 1. The zero-order valence-corrected chi connectivity index (χ0v) is 11.8. The van der Waals surface area contributed by atoms with Gasteiger partial charge in [-0.3, -0.25) is 4.90 Å². The molecule has 0 aromatic heterocycles. The number of halogens is 1. The molecule has 0 spiro atoms. The molecule has 0 saturated carbocycles. The number of hydrogen-bond acceptors (Lipinski definition) is 4. The lowest BCUT2D eigenvalue weighted by Crippen LogP contribution is -2.31. The quantitative estimate of drug-likeness (QED) is 0.781. The summed E-state index contributed by atoms with van der Waals surface area (Å²) in [6.07, 6.45) is -0.471. The Labute approximate surface area is 110 Å². The third kappa shape index (κ3) is 5.04. The van der Waals surface area contributed by atoms with E-state index in [2.05, 4.69) is 15.9 Å². The van der Waals surface area contributed by atoms with E-state index in [1.807, 2.05) is 30.1 Å². The predicted octanol–water partition coefficient (Wildman–Crippen LogP) is 1.47. The molecule has 1 unspecified atom stereocenters. The number of likely N-dealkylation sites (N-methyl/N-ethyl adjacent to an activating group) is 1. The minimum Gasteiger partial charge on any atom is -0.398 e. The Morgan fingerprint density at radius 3 is 2.82 bits per heavy atom. The first-order valence-corrected chi connectivity index (χ1v) is 6.21. The molecule has 1 atom stereocenters. The Balaban J connectivity index is 2.52. The van der Waals surface area contributed by atoms with Crippen LogP contribution >= 0.6 is 15.9 Å². The number of benzene rings is 1. The van der Waals surface area contributed by atoms with Crippen molar-refractivity contribution in [2.75, 3.05) is 33.0 Å². The predicted molar refractivity (Wildman–Crippen MR) is 72.8 cm³/mol. The van der Waals surface area contributed by atoms with Crippen LogP contribution in [0.1, 0.15) is 5.56 Å². The molecule has 0 heterocycles. The van der Waals surface area contributed by atoms with Crippen molar-refractivity contribution < 1.29 is 9.84 Å². The summed E-state index contributed by atoms with van der Waals surface area (Å²) in [5.41, 5.74) is 7.73. The number of aliphatic hydroxyl groups excluding tert-OH is 1. The highest BCUT2D eigenvalue weighted by atomic mass is 79.9. The Hall–Kier alpha value is -0.620. The van der Waals surface area contributed by atoms with Crippen LogP contribution in [0, 0.1) is 0 Å². The molecular formula is C12H19BrN2O2. The summed E-state index contributed by atoms with van der Waals surface area (Å²) in [6, 6.07) is 5.83. The van der Waals surface area contributed by atoms with Crippen molar-refractivity contribution in [3.63, 3.8) is 0 Å². The molecule has 17 heavy (non-hydrogen) atoms. The van der Waals surface area contributed by atoms with Crippen LogP contribution in [0.25, 0.3) is 0 Å². The van der Waals surface area contributed by atoms with Gasteiger partial charge in [-0.1, -0.05) is 22.0 Å². The van der Waals surface area contributed by atoms with E-state index in [1.54, 1.807) is 7.11 Å². The Bertz CT molecular complexity index is 360. The standard InChI is InChI=1S/C12H19BrN2O2/c1-15(7-11(16)8-17-2)6-9-3-4-10(13)5-12(9)14/h3-5,11,16H,6-8,14H2,1-2H3. The van der Waals surface area contributed by atoms with Gasteiger partial charge in [-0.25, -0.2) is 0 Å². The molecule has 0 saturated heterocycles. The summed E-state index contributed by atoms with van der Waals surface area (Å²) in [5.74, 6) is 0. The number of anilines is 1. The van der Waals surface area contributed by atoms with Gasteiger partial charge >= 0.3 is 0 Å². The Morgan fingerprint density at radius 1 is 1.53 bits per heavy atom. The van der Waals surface area contributed by atoms with Gasteiger partial charge in [0.2, 0.25) is 0 Å². The van der Waals surface area contributed by atoms with E-state index in [0.717, 1.165) is 15.7 Å².